The van der Waals surface area contributed by atoms with E-state index in [-0.39, 0.29) is 11.9 Å². The Balaban J connectivity index is 1.32. The van der Waals surface area contributed by atoms with E-state index < -0.39 is 0 Å². The van der Waals surface area contributed by atoms with Crippen molar-refractivity contribution in [1.82, 2.24) is 20.4 Å². The van der Waals surface area contributed by atoms with Crippen molar-refractivity contribution in [2.24, 2.45) is 4.99 Å². The standard InChI is InChI=1S/C23H26N6O/c1-24-23(27-20-14-22(30)29(17-20)21-9-3-2-4-10-21)25-15-18-7-5-8-19(13-18)16-28-12-6-11-26-28/h2-13,20H,14-17H2,1H3,(H2,24,25,27). The molecule has 4 rings (SSSR count). The van der Waals surface area contributed by atoms with Crippen LogP contribution < -0.4 is 15.5 Å². The second-order valence-corrected chi connectivity index (χ2v) is 7.33. The van der Waals surface area contributed by atoms with Gasteiger partial charge in [0.05, 0.1) is 12.6 Å². The van der Waals surface area contributed by atoms with Gasteiger partial charge in [0.1, 0.15) is 0 Å². The number of aromatic nitrogens is 2. The van der Waals surface area contributed by atoms with Crippen LogP contribution in [0.4, 0.5) is 5.69 Å². The normalized spacial score (nSPS) is 16.7. The molecule has 2 heterocycles. The summed E-state index contributed by atoms with van der Waals surface area (Å²) in [5, 5.41) is 11.0. The molecule has 1 aromatic heterocycles. The Morgan fingerprint density at radius 3 is 2.73 bits per heavy atom. The van der Waals surface area contributed by atoms with Gasteiger partial charge in [0.25, 0.3) is 0 Å². The zero-order valence-electron chi connectivity index (χ0n) is 17.0. The van der Waals surface area contributed by atoms with Gasteiger partial charge in [-0.25, -0.2) is 0 Å². The van der Waals surface area contributed by atoms with Gasteiger partial charge < -0.3 is 15.5 Å². The molecule has 0 bridgehead atoms. The number of benzene rings is 2. The summed E-state index contributed by atoms with van der Waals surface area (Å²) < 4.78 is 1.91. The lowest BCUT2D eigenvalue weighted by Crippen LogP contribution is -2.44. The Morgan fingerprint density at radius 2 is 1.97 bits per heavy atom. The maximum Gasteiger partial charge on any atom is 0.229 e. The number of anilines is 1. The molecule has 1 aliphatic rings. The summed E-state index contributed by atoms with van der Waals surface area (Å²) in [6.07, 6.45) is 4.20. The summed E-state index contributed by atoms with van der Waals surface area (Å²) in [5.74, 6) is 0.820. The van der Waals surface area contributed by atoms with E-state index in [9.17, 15) is 4.79 Å². The topological polar surface area (TPSA) is 74.5 Å². The number of para-hydroxylation sites is 1. The van der Waals surface area contributed by atoms with Crippen molar-refractivity contribution in [1.29, 1.82) is 0 Å². The summed E-state index contributed by atoms with van der Waals surface area (Å²) in [6.45, 7) is 2.02. The van der Waals surface area contributed by atoms with E-state index in [1.807, 2.05) is 52.2 Å². The summed E-state index contributed by atoms with van der Waals surface area (Å²) in [4.78, 5) is 18.6. The van der Waals surface area contributed by atoms with E-state index >= 15 is 0 Å². The molecule has 1 amide bonds. The lowest BCUT2D eigenvalue weighted by atomic mass is 10.1. The van der Waals surface area contributed by atoms with E-state index in [1.54, 1.807) is 13.2 Å². The van der Waals surface area contributed by atoms with Gasteiger partial charge in [0, 0.05) is 44.6 Å². The van der Waals surface area contributed by atoms with Crippen molar-refractivity contribution in [2.75, 3.05) is 18.5 Å². The van der Waals surface area contributed by atoms with Crippen LogP contribution in [-0.2, 0) is 17.9 Å². The zero-order valence-corrected chi connectivity index (χ0v) is 17.0. The van der Waals surface area contributed by atoms with Crippen LogP contribution in [0, 0.1) is 0 Å². The Hall–Kier alpha value is -3.61. The maximum absolute atomic E-state index is 12.4. The third kappa shape index (κ3) is 4.86. The molecule has 7 heteroatoms. The van der Waals surface area contributed by atoms with Crippen molar-refractivity contribution in [3.8, 4) is 0 Å². The fourth-order valence-corrected chi connectivity index (χ4v) is 3.65. The highest BCUT2D eigenvalue weighted by Crippen LogP contribution is 2.21. The molecule has 30 heavy (non-hydrogen) atoms. The molecular formula is C23H26N6O. The van der Waals surface area contributed by atoms with Crippen LogP contribution in [0.1, 0.15) is 17.5 Å². The van der Waals surface area contributed by atoms with Crippen LogP contribution in [0.3, 0.4) is 0 Å². The monoisotopic (exact) mass is 402 g/mol. The van der Waals surface area contributed by atoms with E-state index in [1.165, 1.54) is 5.56 Å². The van der Waals surface area contributed by atoms with Crippen LogP contribution in [0.25, 0.3) is 0 Å². The number of amides is 1. The number of nitrogens with zero attached hydrogens (tertiary/aromatic N) is 4. The highest BCUT2D eigenvalue weighted by Gasteiger charge is 2.30. The first-order chi connectivity index (χ1) is 14.7. The lowest BCUT2D eigenvalue weighted by molar-refractivity contribution is -0.117. The molecule has 3 aromatic rings. The summed E-state index contributed by atoms with van der Waals surface area (Å²) in [6, 6.07) is 20.1. The highest BCUT2D eigenvalue weighted by atomic mass is 16.2. The summed E-state index contributed by atoms with van der Waals surface area (Å²) >= 11 is 0. The molecule has 1 saturated heterocycles. The van der Waals surface area contributed by atoms with Gasteiger partial charge in [-0.15, -0.1) is 0 Å². The predicted octanol–water partition coefficient (Wildman–Crippen LogP) is 2.40. The molecule has 154 valence electrons. The predicted molar refractivity (Wildman–Crippen MR) is 118 cm³/mol. The quantitative estimate of drug-likeness (QED) is 0.491. The first-order valence-electron chi connectivity index (χ1n) is 10.1. The smallest absolute Gasteiger partial charge is 0.229 e. The van der Waals surface area contributed by atoms with Gasteiger partial charge in [-0.3, -0.25) is 14.5 Å². The van der Waals surface area contributed by atoms with Gasteiger partial charge in [0.2, 0.25) is 5.91 Å². The van der Waals surface area contributed by atoms with Crippen molar-refractivity contribution in [3.05, 3.63) is 84.2 Å². The molecule has 1 atom stereocenters. The minimum Gasteiger partial charge on any atom is -0.352 e. The largest absolute Gasteiger partial charge is 0.352 e. The number of guanidine groups is 1. The minimum absolute atomic E-state index is 0.0232. The van der Waals surface area contributed by atoms with Crippen LogP contribution >= 0.6 is 0 Å². The molecule has 0 radical (unpaired) electrons. The van der Waals surface area contributed by atoms with Crippen molar-refractivity contribution < 1.29 is 4.79 Å². The number of aliphatic imine (C=N–C) groups is 1. The minimum atomic E-state index is 0.0232. The fourth-order valence-electron chi connectivity index (χ4n) is 3.65. The maximum atomic E-state index is 12.4. The first kappa shape index (κ1) is 19.7. The van der Waals surface area contributed by atoms with E-state index in [2.05, 4.69) is 45.0 Å². The van der Waals surface area contributed by atoms with Crippen LogP contribution in [0.2, 0.25) is 0 Å². The van der Waals surface area contributed by atoms with Gasteiger partial charge >= 0.3 is 0 Å². The third-order valence-corrected chi connectivity index (χ3v) is 5.11. The molecule has 7 nitrogen and oxygen atoms in total. The van der Waals surface area contributed by atoms with E-state index in [0.717, 1.165) is 17.8 Å². The number of carbonyl (C=O) groups excluding carboxylic acids is 1. The summed E-state index contributed by atoms with van der Waals surface area (Å²) in [7, 11) is 1.75. The highest BCUT2D eigenvalue weighted by molar-refractivity contribution is 5.97. The van der Waals surface area contributed by atoms with Crippen LogP contribution in [0.15, 0.2) is 78.0 Å². The molecular weight excluding hydrogens is 376 g/mol. The van der Waals surface area contributed by atoms with E-state index in [0.29, 0.717) is 25.5 Å². The molecule has 1 unspecified atom stereocenters. The third-order valence-electron chi connectivity index (χ3n) is 5.11. The van der Waals surface area contributed by atoms with Crippen molar-refractivity contribution in [2.45, 2.75) is 25.6 Å². The molecule has 2 aromatic carbocycles. The molecule has 1 aliphatic heterocycles. The lowest BCUT2D eigenvalue weighted by Gasteiger charge is -2.19. The molecule has 2 N–H and O–H groups in total. The van der Waals surface area contributed by atoms with Crippen molar-refractivity contribution in [3.63, 3.8) is 0 Å². The van der Waals surface area contributed by atoms with Gasteiger partial charge in [0.15, 0.2) is 5.96 Å². The van der Waals surface area contributed by atoms with Crippen LogP contribution in [0.5, 0.6) is 0 Å². The van der Waals surface area contributed by atoms with Gasteiger partial charge in [-0.05, 0) is 29.3 Å². The number of carbonyl (C=O) groups is 1. The van der Waals surface area contributed by atoms with E-state index in [4.69, 9.17) is 0 Å². The molecule has 0 aliphatic carbocycles. The Bertz CT molecular complexity index is 1000. The SMILES string of the molecule is CN=C(NCc1cccc(Cn2cccn2)c1)NC1CC(=O)N(c2ccccc2)C1. The first-order valence-corrected chi connectivity index (χ1v) is 10.1. The Morgan fingerprint density at radius 1 is 1.13 bits per heavy atom. The zero-order chi connectivity index (χ0) is 20.8. The average Bonchev–Trinajstić information content (AvgIpc) is 3.41. The van der Waals surface area contributed by atoms with Gasteiger partial charge in [-0.2, -0.15) is 5.10 Å². The second-order valence-electron chi connectivity index (χ2n) is 7.33. The number of hydrogen-bond acceptors (Lipinski definition) is 3. The van der Waals surface area contributed by atoms with Crippen LogP contribution in [-0.4, -0.2) is 41.3 Å². The second kappa shape index (κ2) is 9.26. The molecule has 0 saturated carbocycles. The Kier molecular flexibility index (Phi) is 6.08. The number of hydrogen-bond donors (Lipinski definition) is 2. The Labute approximate surface area is 176 Å². The van der Waals surface area contributed by atoms with Gasteiger partial charge in [-0.1, -0.05) is 42.5 Å². The van der Waals surface area contributed by atoms with Crippen molar-refractivity contribution >= 4 is 17.6 Å². The molecule has 1 fully saturated rings. The fraction of sp³-hybridized carbons (Fsp3) is 0.261. The summed E-state index contributed by atoms with van der Waals surface area (Å²) in [5.41, 5.74) is 3.29. The molecule has 0 spiro atoms. The number of nitrogens with one attached hydrogen (secondary N) is 2. The average molecular weight is 403 g/mol. The number of rotatable bonds is 6.